The van der Waals surface area contributed by atoms with Crippen LogP contribution in [-0.4, -0.2) is 47.9 Å². The second kappa shape index (κ2) is 6.48. The zero-order chi connectivity index (χ0) is 16.3. The van der Waals surface area contributed by atoms with E-state index >= 15 is 0 Å². The van der Waals surface area contributed by atoms with Crippen molar-refractivity contribution in [3.05, 3.63) is 45.8 Å². The van der Waals surface area contributed by atoms with Gasteiger partial charge in [0.2, 0.25) is 0 Å². The molecular formula is C15H18N4O3. The fraction of sp³-hybridized carbons (Fsp3) is 0.333. The highest BCUT2D eigenvalue weighted by molar-refractivity contribution is 6.07. The zero-order valence-electron chi connectivity index (χ0n) is 12.8. The normalized spacial score (nSPS) is 10.9. The maximum atomic E-state index is 12.3. The lowest BCUT2D eigenvalue weighted by Gasteiger charge is -2.11. The van der Waals surface area contributed by atoms with Crippen LogP contribution in [0.4, 0.5) is 5.69 Å². The Balaban J connectivity index is 2.43. The molecule has 1 amide bonds. The molecule has 0 aliphatic carbocycles. The van der Waals surface area contributed by atoms with Gasteiger partial charge in [0.25, 0.3) is 11.6 Å². The molecule has 0 radical (unpaired) electrons. The van der Waals surface area contributed by atoms with Crippen molar-refractivity contribution < 1.29 is 9.72 Å². The number of aromatic nitrogens is 1. The number of rotatable bonds is 5. The Kier molecular flexibility index (Phi) is 4.67. The third-order valence-corrected chi connectivity index (χ3v) is 3.24. The van der Waals surface area contributed by atoms with Gasteiger partial charge in [-0.3, -0.25) is 14.9 Å². The highest BCUT2D eigenvalue weighted by Gasteiger charge is 2.18. The lowest BCUT2D eigenvalue weighted by atomic mass is 10.1. The molecule has 1 N–H and O–H groups in total. The molecule has 1 aromatic heterocycles. The first-order valence-electron chi connectivity index (χ1n) is 6.88. The predicted octanol–water partition coefficient (Wildman–Crippen LogP) is 1.74. The van der Waals surface area contributed by atoms with Gasteiger partial charge in [-0.05, 0) is 27.1 Å². The van der Waals surface area contributed by atoms with Gasteiger partial charge in [-0.2, -0.15) is 0 Å². The minimum atomic E-state index is -0.449. The lowest BCUT2D eigenvalue weighted by molar-refractivity contribution is -0.383. The summed E-state index contributed by atoms with van der Waals surface area (Å²) in [5.74, 6) is -0.323. The van der Waals surface area contributed by atoms with Crippen LogP contribution < -0.4 is 5.32 Å². The van der Waals surface area contributed by atoms with E-state index in [4.69, 9.17) is 0 Å². The van der Waals surface area contributed by atoms with Crippen molar-refractivity contribution >= 4 is 22.4 Å². The number of likely N-dealkylation sites (N-methyl/N-ethyl adjacent to an activating group) is 1. The van der Waals surface area contributed by atoms with E-state index in [0.29, 0.717) is 29.6 Å². The van der Waals surface area contributed by atoms with Crippen LogP contribution >= 0.6 is 0 Å². The van der Waals surface area contributed by atoms with Crippen LogP contribution in [0.1, 0.15) is 16.2 Å². The minimum Gasteiger partial charge on any atom is -0.349 e. The molecule has 1 aromatic carbocycles. The molecular weight excluding hydrogens is 284 g/mol. The molecule has 0 fully saturated rings. The number of nitro groups is 1. The van der Waals surface area contributed by atoms with E-state index in [0.717, 1.165) is 0 Å². The quantitative estimate of drug-likeness (QED) is 0.671. The molecule has 0 aliphatic rings. The summed E-state index contributed by atoms with van der Waals surface area (Å²) in [6.45, 7) is 2.90. The van der Waals surface area contributed by atoms with Crippen LogP contribution in [-0.2, 0) is 0 Å². The number of carbonyl (C=O) groups excluding carboxylic acids is 1. The number of nitrogens with zero attached hydrogens (tertiary/aromatic N) is 3. The Morgan fingerprint density at radius 3 is 2.73 bits per heavy atom. The molecule has 0 bridgehead atoms. The van der Waals surface area contributed by atoms with Gasteiger partial charge in [0.1, 0.15) is 5.69 Å². The maximum absolute atomic E-state index is 12.3. The van der Waals surface area contributed by atoms with E-state index in [1.165, 1.54) is 6.07 Å². The van der Waals surface area contributed by atoms with Gasteiger partial charge in [-0.15, -0.1) is 0 Å². The standard InChI is InChI=1S/C15H18N4O3/c1-10-9-12-11(5-4-6-13(12)19(21)22)14(17-10)15(20)16-7-8-18(2)3/h4-6,9H,7-8H2,1-3H3,(H,16,20). The SMILES string of the molecule is Cc1cc2c([N+](=O)[O-])cccc2c(C(=O)NCCN(C)C)n1. The second-order valence-corrected chi connectivity index (χ2v) is 5.30. The average molecular weight is 302 g/mol. The van der Waals surface area contributed by atoms with Gasteiger partial charge in [0.05, 0.1) is 10.3 Å². The predicted molar refractivity (Wildman–Crippen MR) is 84.0 cm³/mol. The van der Waals surface area contributed by atoms with Crippen LogP contribution in [0.5, 0.6) is 0 Å². The van der Waals surface area contributed by atoms with Crippen molar-refractivity contribution in [2.75, 3.05) is 27.2 Å². The van der Waals surface area contributed by atoms with Crippen molar-refractivity contribution in [1.82, 2.24) is 15.2 Å². The Morgan fingerprint density at radius 2 is 2.09 bits per heavy atom. The third kappa shape index (κ3) is 3.37. The summed E-state index contributed by atoms with van der Waals surface area (Å²) < 4.78 is 0. The summed E-state index contributed by atoms with van der Waals surface area (Å²) >= 11 is 0. The van der Waals surface area contributed by atoms with E-state index in [-0.39, 0.29) is 17.3 Å². The van der Waals surface area contributed by atoms with Crippen molar-refractivity contribution in [1.29, 1.82) is 0 Å². The molecule has 116 valence electrons. The van der Waals surface area contributed by atoms with Crippen molar-refractivity contribution in [2.24, 2.45) is 0 Å². The molecule has 7 heteroatoms. The molecule has 1 heterocycles. The molecule has 0 saturated heterocycles. The number of nitrogens with one attached hydrogen (secondary N) is 1. The zero-order valence-corrected chi connectivity index (χ0v) is 12.8. The van der Waals surface area contributed by atoms with E-state index in [1.807, 2.05) is 19.0 Å². The van der Waals surface area contributed by atoms with Gasteiger partial charge in [-0.25, -0.2) is 4.98 Å². The summed E-state index contributed by atoms with van der Waals surface area (Å²) in [6, 6.07) is 6.29. The van der Waals surface area contributed by atoms with Gasteiger partial charge in [0, 0.05) is 30.2 Å². The van der Waals surface area contributed by atoms with E-state index < -0.39 is 4.92 Å². The first-order valence-corrected chi connectivity index (χ1v) is 6.88. The van der Waals surface area contributed by atoms with E-state index in [9.17, 15) is 14.9 Å². The number of carbonyl (C=O) groups is 1. The summed E-state index contributed by atoms with van der Waals surface area (Å²) in [7, 11) is 3.83. The first kappa shape index (κ1) is 15.8. The largest absolute Gasteiger partial charge is 0.349 e. The molecule has 22 heavy (non-hydrogen) atoms. The van der Waals surface area contributed by atoms with Gasteiger partial charge >= 0.3 is 0 Å². The topological polar surface area (TPSA) is 88.4 Å². The molecule has 0 aliphatic heterocycles. The second-order valence-electron chi connectivity index (χ2n) is 5.30. The number of hydrogen-bond acceptors (Lipinski definition) is 5. The van der Waals surface area contributed by atoms with Crippen molar-refractivity contribution in [2.45, 2.75) is 6.92 Å². The average Bonchev–Trinajstić information content (AvgIpc) is 2.44. The maximum Gasteiger partial charge on any atom is 0.277 e. The number of hydrogen-bond donors (Lipinski definition) is 1. The van der Waals surface area contributed by atoms with Crippen LogP contribution in [0.25, 0.3) is 10.8 Å². The molecule has 7 nitrogen and oxygen atoms in total. The summed E-state index contributed by atoms with van der Waals surface area (Å²) in [5.41, 5.74) is 0.766. The molecule has 2 aromatic rings. The van der Waals surface area contributed by atoms with Gasteiger partial charge < -0.3 is 10.2 Å². The molecule has 2 rings (SSSR count). The van der Waals surface area contributed by atoms with E-state index in [2.05, 4.69) is 10.3 Å². The Bertz CT molecular complexity index is 728. The monoisotopic (exact) mass is 302 g/mol. The number of aryl methyl sites for hydroxylation is 1. The first-order chi connectivity index (χ1) is 10.4. The lowest BCUT2D eigenvalue weighted by Crippen LogP contribution is -2.32. The Morgan fingerprint density at radius 1 is 1.36 bits per heavy atom. The fourth-order valence-corrected chi connectivity index (χ4v) is 2.20. The molecule has 0 spiro atoms. The summed E-state index contributed by atoms with van der Waals surface area (Å²) in [4.78, 5) is 29.2. The van der Waals surface area contributed by atoms with E-state index in [1.54, 1.807) is 25.1 Å². The fourth-order valence-electron chi connectivity index (χ4n) is 2.20. The summed E-state index contributed by atoms with van der Waals surface area (Å²) in [5, 5.41) is 14.8. The summed E-state index contributed by atoms with van der Waals surface area (Å²) in [6.07, 6.45) is 0. The Hall–Kier alpha value is -2.54. The molecule has 0 saturated carbocycles. The number of fused-ring (bicyclic) bond motifs is 1. The Labute approximate surface area is 128 Å². The van der Waals surface area contributed by atoms with Crippen LogP contribution in [0.2, 0.25) is 0 Å². The molecule has 0 atom stereocenters. The third-order valence-electron chi connectivity index (χ3n) is 3.24. The van der Waals surface area contributed by atoms with Gasteiger partial charge in [0.15, 0.2) is 0 Å². The van der Waals surface area contributed by atoms with Crippen molar-refractivity contribution in [3.63, 3.8) is 0 Å². The van der Waals surface area contributed by atoms with Crippen molar-refractivity contribution in [3.8, 4) is 0 Å². The number of non-ortho nitro benzene ring substituents is 1. The van der Waals surface area contributed by atoms with Crippen LogP contribution in [0.3, 0.4) is 0 Å². The number of pyridine rings is 1. The van der Waals surface area contributed by atoms with Crippen LogP contribution in [0.15, 0.2) is 24.3 Å². The minimum absolute atomic E-state index is 0.0228. The van der Waals surface area contributed by atoms with Crippen LogP contribution in [0, 0.1) is 17.0 Å². The van der Waals surface area contributed by atoms with Gasteiger partial charge in [-0.1, -0.05) is 12.1 Å². The highest BCUT2D eigenvalue weighted by atomic mass is 16.6. The smallest absolute Gasteiger partial charge is 0.277 e. The number of amides is 1. The highest BCUT2D eigenvalue weighted by Crippen LogP contribution is 2.27. The molecule has 0 unspecified atom stereocenters. The number of nitro benzene ring substituents is 1. The number of benzene rings is 1.